The van der Waals surface area contributed by atoms with Crippen molar-refractivity contribution in [2.24, 2.45) is 5.73 Å². The van der Waals surface area contributed by atoms with Gasteiger partial charge in [-0.15, -0.1) is 0 Å². The Balaban J connectivity index is 4.04. The molecule has 12 heavy (non-hydrogen) atoms. The van der Waals surface area contributed by atoms with Crippen LogP contribution in [0.3, 0.4) is 0 Å². The van der Waals surface area contributed by atoms with E-state index in [1.807, 2.05) is 0 Å². The van der Waals surface area contributed by atoms with Crippen LogP contribution in [0, 0.1) is 5.41 Å². The highest BCUT2D eigenvalue weighted by molar-refractivity contribution is 6.04. The second-order valence-electron chi connectivity index (χ2n) is 2.18. The molecule has 0 heterocycles. The Labute approximate surface area is 70.6 Å². The molecule has 6 heteroatoms. The molecule has 6 N–H and O–H groups in total. The zero-order valence-electron chi connectivity index (χ0n) is 6.92. The van der Waals surface area contributed by atoms with Gasteiger partial charge in [-0.05, 0) is 0 Å². The molecule has 1 unspecified atom stereocenters. The number of nitrogens with one attached hydrogen (secondary N) is 3. The fourth-order valence-corrected chi connectivity index (χ4v) is 0.697. The Morgan fingerprint density at radius 1 is 1.75 bits per heavy atom. The van der Waals surface area contributed by atoms with Crippen molar-refractivity contribution in [1.29, 1.82) is 5.41 Å². The van der Waals surface area contributed by atoms with Crippen LogP contribution in [0.5, 0.6) is 0 Å². The van der Waals surface area contributed by atoms with Gasteiger partial charge in [0.1, 0.15) is 11.9 Å². The largest absolute Gasteiger partial charge is 0.395 e. The first-order chi connectivity index (χ1) is 5.63. The molecule has 70 valence electrons. The number of nitrogens with two attached hydrogens (primary N) is 1. The molecule has 0 aliphatic rings. The lowest BCUT2D eigenvalue weighted by Gasteiger charge is -2.14. The van der Waals surface area contributed by atoms with Crippen molar-refractivity contribution >= 4 is 11.7 Å². The summed E-state index contributed by atoms with van der Waals surface area (Å²) in [6, 6.07) is -0.845. The Morgan fingerprint density at radius 3 is 2.67 bits per heavy atom. The standard InChI is InChI=1S/C6H14N4O2/c1-9-6(12)4(5(7)8)10-2-3-11/h4,10-11H,2-3H2,1H3,(H3,7,8)(H,9,12). The van der Waals surface area contributed by atoms with Crippen molar-refractivity contribution in [1.82, 2.24) is 10.6 Å². The lowest BCUT2D eigenvalue weighted by Crippen LogP contribution is -2.51. The van der Waals surface area contributed by atoms with E-state index in [1.165, 1.54) is 7.05 Å². The van der Waals surface area contributed by atoms with E-state index in [0.717, 1.165) is 0 Å². The molecule has 1 amide bonds. The molecular formula is C6H14N4O2. The lowest BCUT2D eigenvalue weighted by molar-refractivity contribution is -0.121. The molecular weight excluding hydrogens is 160 g/mol. The number of aliphatic hydroxyl groups is 1. The van der Waals surface area contributed by atoms with E-state index in [1.54, 1.807) is 0 Å². The maximum absolute atomic E-state index is 11.0. The average molecular weight is 174 g/mol. The summed E-state index contributed by atoms with van der Waals surface area (Å²) in [7, 11) is 1.46. The summed E-state index contributed by atoms with van der Waals surface area (Å²) in [6.07, 6.45) is 0. The van der Waals surface area contributed by atoms with Gasteiger partial charge in [0.15, 0.2) is 0 Å². The van der Waals surface area contributed by atoms with Crippen molar-refractivity contribution in [3.05, 3.63) is 0 Å². The number of carbonyl (C=O) groups excluding carboxylic acids is 1. The van der Waals surface area contributed by atoms with Crippen LogP contribution in [0.1, 0.15) is 0 Å². The third-order valence-corrected chi connectivity index (χ3v) is 1.28. The van der Waals surface area contributed by atoms with E-state index in [9.17, 15) is 4.79 Å². The van der Waals surface area contributed by atoms with Crippen molar-refractivity contribution in [3.8, 4) is 0 Å². The van der Waals surface area contributed by atoms with Gasteiger partial charge in [0.2, 0.25) is 5.91 Å². The second kappa shape index (κ2) is 5.50. The highest BCUT2D eigenvalue weighted by Crippen LogP contribution is 1.81. The molecule has 0 spiro atoms. The van der Waals surface area contributed by atoms with E-state index in [0.29, 0.717) is 0 Å². The Morgan fingerprint density at radius 2 is 2.33 bits per heavy atom. The Kier molecular flexibility index (Phi) is 4.98. The first-order valence-electron chi connectivity index (χ1n) is 3.53. The van der Waals surface area contributed by atoms with Crippen molar-refractivity contribution in [3.63, 3.8) is 0 Å². The van der Waals surface area contributed by atoms with Gasteiger partial charge in [-0.2, -0.15) is 0 Å². The third-order valence-electron chi connectivity index (χ3n) is 1.28. The predicted octanol–water partition coefficient (Wildman–Crippen LogP) is -2.38. The topological polar surface area (TPSA) is 111 Å². The molecule has 0 bridgehead atoms. The number of aliphatic hydroxyl groups excluding tert-OH is 1. The van der Waals surface area contributed by atoms with Crippen LogP contribution < -0.4 is 16.4 Å². The summed E-state index contributed by atoms with van der Waals surface area (Å²) in [6.45, 7) is 0.137. The van der Waals surface area contributed by atoms with Crippen LogP contribution in [0.25, 0.3) is 0 Å². The van der Waals surface area contributed by atoms with Crippen molar-refractivity contribution in [2.45, 2.75) is 6.04 Å². The molecule has 0 saturated carbocycles. The minimum Gasteiger partial charge on any atom is -0.395 e. The van der Waals surface area contributed by atoms with E-state index >= 15 is 0 Å². The molecule has 0 aromatic heterocycles. The molecule has 0 saturated heterocycles. The molecule has 0 aromatic carbocycles. The van der Waals surface area contributed by atoms with Gasteiger partial charge >= 0.3 is 0 Å². The molecule has 6 nitrogen and oxygen atoms in total. The van der Waals surface area contributed by atoms with Gasteiger partial charge in [-0.3, -0.25) is 15.5 Å². The van der Waals surface area contributed by atoms with Crippen LogP contribution >= 0.6 is 0 Å². The zero-order chi connectivity index (χ0) is 9.56. The monoisotopic (exact) mass is 174 g/mol. The summed E-state index contributed by atoms with van der Waals surface area (Å²) in [5.74, 6) is -0.640. The van der Waals surface area contributed by atoms with Crippen LogP contribution in [0.4, 0.5) is 0 Å². The second-order valence-corrected chi connectivity index (χ2v) is 2.18. The number of carbonyl (C=O) groups is 1. The molecule has 0 aromatic rings. The van der Waals surface area contributed by atoms with Crippen LogP contribution in [-0.4, -0.2) is 43.1 Å². The smallest absolute Gasteiger partial charge is 0.244 e. The first kappa shape index (κ1) is 10.9. The van der Waals surface area contributed by atoms with E-state index < -0.39 is 6.04 Å². The van der Waals surface area contributed by atoms with Gasteiger partial charge < -0.3 is 16.2 Å². The number of likely N-dealkylation sites (N-methyl/N-ethyl adjacent to an activating group) is 1. The highest BCUT2D eigenvalue weighted by atomic mass is 16.3. The number of rotatable bonds is 5. The Bertz CT molecular complexity index is 171. The molecule has 1 atom stereocenters. The summed E-state index contributed by atoms with van der Waals surface area (Å²) >= 11 is 0. The first-order valence-corrected chi connectivity index (χ1v) is 3.53. The van der Waals surface area contributed by atoms with Gasteiger partial charge in [0, 0.05) is 13.6 Å². The highest BCUT2D eigenvalue weighted by Gasteiger charge is 2.18. The summed E-state index contributed by atoms with van der Waals surface area (Å²) in [4.78, 5) is 11.0. The maximum Gasteiger partial charge on any atom is 0.244 e. The number of amidine groups is 1. The molecule has 0 fully saturated rings. The maximum atomic E-state index is 11.0. The van der Waals surface area contributed by atoms with Gasteiger partial charge in [0.25, 0.3) is 0 Å². The number of hydrogen-bond donors (Lipinski definition) is 5. The van der Waals surface area contributed by atoms with Crippen LogP contribution in [-0.2, 0) is 4.79 Å². The summed E-state index contributed by atoms with van der Waals surface area (Å²) in [5.41, 5.74) is 5.13. The zero-order valence-corrected chi connectivity index (χ0v) is 6.92. The van der Waals surface area contributed by atoms with Crippen molar-refractivity contribution in [2.75, 3.05) is 20.2 Å². The van der Waals surface area contributed by atoms with E-state index in [-0.39, 0.29) is 24.9 Å². The minimum absolute atomic E-state index is 0.0965. The van der Waals surface area contributed by atoms with E-state index in [4.69, 9.17) is 16.2 Å². The summed E-state index contributed by atoms with van der Waals surface area (Å²) < 4.78 is 0. The normalized spacial score (nSPS) is 12.2. The number of amides is 1. The van der Waals surface area contributed by atoms with Gasteiger partial charge in [-0.25, -0.2) is 0 Å². The SMILES string of the molecule is CNC(=O)C(NCCO)C(=N)N. The molecule has 0 rings (SSSR count). The van der Waals surface area contributed by atoms with Crippen molar-refractivity contribution < 1.29 is 9.90 Å². The quantitative estimate of drug-likeness (QED) is 0.237. The number of hydrogen-bond acceptors (Lipinski definition) is 4. The molecule has 0 aliphatic heterocycles. The average Bonchev–Trinajstić information content (AvgIpc) is 2.04. The molecule has 0 radical (unpaired) electrons. The lowest BCUT2D eigenvalue weighted by atomic mass is 10.2. The van der Waals surface area contributed by atoms with Gasteiger partial charge in [-0.1, -0.05) is 0 Å². The fourth-order valence-electron chi connectivity index (χ4n) is 0.697. The predicted molar refractivity (Wildman–Crippen MR) is 44.9 cm³/mol. The van der Waals surface area contributed by atoms with Crippen LogP contribution in [0.15, 0.2) is 0 Å². The fraction of sp³-hybridized carbons (Fsp3) is 0.667. The third kappa shape index (κ3) is 3.31. The van der Waals surface area contributed by atoms with Crippen LogP contribution in [0.2, 0.25) is 0 Å². The van der Waals surface area contributed by atoms with Gasteiger partial charge in [0.05, 0.1) is 6.61 Å². The minimum atomic E-state index is -0.845. The Hall–Kier alpha value is -1.14. The molecule has 0 aliphatic carbocycles. The summed E-state index contributed by atoms with van der Waals surface area (Å²) in [5, 5.41) is 20.4. The van der Waals surface area contributed by atoms with E-state index in [2.05, 4.69) is 10.6 Å².